The highest BCUT2D eigenvalue weighted by atomic mass is 35.5. The van der Waals surface area contributed by atoms with Gasteiger partial charge in [-0.2, -0.15) is 0 Å². The summed E-state index contributed by atoms with van der Waals surface area (Å²) in [6.45, 7) is 3.22. The first kappa shape index (κ1) is 19.1. The highest BCUT2D eigenvalue weighted by molar-refractivity contribution is 7.14. The number of thiazole rings is 1. The van der Waals surface area contributed by atoms with Crippen LogP contribution in [0.2, 0.25) is 0 Å². The van der Waals surface area contributed by atoms with E-state index in [9.17, 15) is 9.59 Å². The van der Waals surface area contributed by atoms with Crippen molar-refractivity contribution in [3.63, 3.8) is 0 Å². The third kappa shape index (κ3) is 5.62. The fraction of sp³-hybridized carbons (Fsp3) is 0.545. The molecule has 1 aromatic rings. The van der Waals surface area contributed by atoms with Gasteiger partial charge in [0.25, 0.3) is 5.91 Å². The Morgan fingerprint density at radius 1 is 1.45 bits per heavy atom. The summed E-state index contributed by atoms with van der Waals surface area (Å²) in [4.78, 5) is 26.8. The lowest BCUT2D eigenvalue weighted by Gasteiger charge is -2.23. The third-order valence-electron chi connectivity index (χ3n) is 2.65. The van der Waals surface area contributed by atoms with E-state index in [0.717, 1.165) is 25.9 Å². The predicted molar refractivity (Wildman–Crippen MR) is 84.3 cm³/mol. The quantitative estimate of drug-likeness (QED) is 0.777. The fourth-order valence-electron chi connectivity index (χ4n) is 1.82. The third-order valence-corrected chi connectivity index (χ3v) is 3.41. The summed E-state index contributed by atoms with van der Waals surface area (Å²) >= 11 is 1.25. The number of carbonyl (C=O) groups is 2. The van der Waals surface area contributed by atoms with E-state index in [4.69, 9.17) is 0 Å². The van der Waals surface area contributed by atoms with Crippen molar-refractivity contribution in [3.05, 3.63) is 11.1 Å². The molecule has 1 aliphatic rings. The van der Waals surface area contributed by atoms with Crippen molar-refractivity contribution in [2.75, 3.05) is 18.4 Å². The molecule has 2 heterocycles. The van der Waals surface area contributed by atoms with Gasteiger partial charge in [0.15, 0.2) is 5.13 Å². The standard InChI is InChI=1S/C11H16N4O2S.2ClH/c1-7(16)13-11-15-9(6-18-11)10(17)14-8-3-2-4-12-5-8;;/h6,8,12H,2-5H2,1H3,(H,14,17)(H,13,15,16);2*1H. The summed E-state index contributed by atoms with van der Waals surface area (Å²) in [7, 11) is 0. The van der Waals surface area contributed by atoms with Crippen molar-refractivity contribution >= 4 is 53.1 Å². The van der Waals surface area contributed by atoms with Gasteiger partial charge in [0.1, 0.15) is 5.69 Å². The maximum absolute atomic E-state index is 11.9. The Bertz CT molecular complexity index is 449. The van der Waals surface area contributed by atoms with Gasteiger partial charge in [0, 0.05) is 24.9 Å². The van der Waals surface area contributed by atoms with Crippen molar-refractivity contribution in [3.8, 4) is 0 Å². The number of nitrogens with zero attached hydrogens (tertiary/aromatic N) is 1. The summed E-state index contributed by atoms with van der Waals surface area (Å²) in [6, 6.07) is 0.164. The molecular weight excluding hydrogens is 323 g/mol. The maximum atomic E-state index is 11.9. The summed E-state index contributed by atoms with van der Waals surface area (Å²) < 4.78 is 0. The van der Waals surface area contributed by atoms with Crippen LogP contribution in [0.4, 0.5) is 5.13 Å². The molecule has 2 rings (SSSR count). The zero-order valence-corrected chi connectivity index (χ0v) is 13.4. The molecular formula is C11H18Cl2N4O2S. The van der Waals surface area contributed by atoms with Crippen LogP contribution >= 0.6 is 36.2 Å². The largest absolute Gasteiger partial charge is 0.347 e. The predicted octanol–water partition coefficient (Wildman–Crippen LogP) is 1.43. The molecule has 114 valence electrons. The van der Waals surface area contributed by atoms with E-state index in [0.29, 0.717) is 10.8 Å². The molecule has 1 fully saturated rings. The monoisotopic (exact) mass is 340 g/mol. The number of hydrogen-bond donors (Lipinski definition) is 3. The average molecular weight is 341 g/mol. The van der Waals surface area contributed by atoms with Crippen LogP contribution in [-0.2, 0) is 4.79 Å². The van der Waals surface area contributed by atoms with Crippen molar-refractivity contribution in [1.29, 1.82) is 0 Å². The first-order valence-electron chi connectivity index (χ1n) is 5.90. The molecule has 0 radical (unpaired) electrons. The molecule has 1 aliphatic heterocycles. The number of anilines is 1. The van der Waals surface area contributed by atoms with Crippen molar-refractivity contribution in [1.82, 2.24) is 15.6 Å². The number of aromatic nitrogens is 1. The lowest BCUT2D eigenvalue weighted by molar-refractivity contribution is -0.114. The van der Waals surface area contributed by atoms with Crippen LogP contribution in [0.5, 0.6) is 0 Å². The first-order valence-corrected chi connectivity index (χ1v) is 6.78. The van der Waals surface area contributed by atoms with Crippen molar-refractivity contribution < 1.29 is 9.59 Å². The van der Waals surface area contributed by atoms with Gasteiger partial charge in [-0.15, -0.1) is 36.2 Å². The Balaban J connectivity index is 0.00000180. The molecule has 3 N–H and O–H groups in total. The molecule has 0 spiro atoms. The van der Waals surface area contributed by atoms with Gasteiger partial charge < -0.3 is 16.0 Å². The van der Waals surface area contributed by atoms with E-state index in [-0.39, 0.29) is 42.7 Å². The van der Waals surface area contributed by atoms with Gasteiger partial charge in [-0.3, -0.25) is 9.59 Å². The van der Waals surface area contributed by atoms with Crippen molar-refractivity contribution in [2.24, 2.45) is 0 Å². The van der Waals surface area contributed by atoms with Crippen LogP contribution in [0.3, 0.4) is 0 Å². The second kappa shape index (κ2) is 9.12. The number of amides is 2. The number of rotatable bonds is 3. The van der Waals surface area contributed by atoms with Crippen LogP contribution in [-0.4, -0.2) is 35.9 Å². The number of halogens is 2. The second-order valence-electron chi connectivity index (χ2n) is 4.24. The molecule has 1 atom stereocenters. The molecule has 0 bridgehead atoms. The molecule has 0 aromatic carbocycles. The number of piperidine rings is 1. The summed E-state index contributed by atoms with van der Waals surface area (Å²) in [5.41, 5.74) is 0.356. The van der Waals surface area contributed by atoms with Crippen LogP contribution in [0.15, 0.2) is 5.38 Å². The highest BCUT2D eigenvalue weighted by Gasteiger charge is 2.18. The van der Waals surface area contributed by atoms with E-state index in [1.54, 1.807) is 5.38 Å². The maximum Gasteiger partial charge on any atom is 0.271 e. The van der Waals surface area contributed by atoms with Gasteiger partial charge in [-0.05, 0) is 19.4 Å². The molecule has 9 heteroatoms. The van der Waals surface area contributed by atoms with Crippen LogP contribution in [0, 0.1) is 0 Å². The molecule has 20 heavy (non-hydrogen) atoms. The molecule has 1 saturated heterocycles. The van der Waals surface area contributed by atoms with E-state index in [2.05, 4.69) is 20.9 Å². The van der Waals surface area contributed by atoms with E-state index >= 15 is 0 Å². The number of nitrogens with one attached hydrogen (secondary N) is 3. The van der Waals surface area contributed by atoms with Gasteiger partial charge in [-0.1, -0.05) is 0 Å². The fourth-order valence-corrected chi connectivity index (χ4v) is 2.56. The Morgan fingerprint density at radius 3 is 2.80 bits per heavy atom. The topological polar surface area (TPSA) is 83.1 Å². The lowest BCUT2D eigenvalue weighted by Crippen LogP contribution is -2.45. The zero-order valence-electron chi connectivity index (χ0n) is 11.0. The number of hydrogen-bond acceptors (Lipinski definition) is 5. The van der Waals surface area contributed by atoms with Gasteiger partial charge in [0.2, 0.25) is 5.91 Å². The summed E-state index contributed by atoms with van der Waals surface area (Å²) in [5, 5.41) is 10.8. The lowest BCUT2D eigenvalue weighted by atomic mass is 10.1. The molecule has 0 saturated carbocycles. The highest BCUT2D eigenvalue weighted by Crippen LogP contribution is 2.15. The first-order chi connectivity index (χ1) is 8.65. The molecule has 0 aliphatic carbocycles. The molecule has 1 aromatic heterocycles. The minimum Gasteiger partial charge on any atom is -0.347 e. The van der Waals surface area contributed by atoms with Gasteiger partial charge >= 0.3 is 0 Å². The Hall–Kier alpha value is -0.890. The van der Waals surface area contributed by atoms with E-state index < -0.39 is 0 Å². The average Bonchev–Trinajstić information content (AvgIpc) is 2.78. The van der Waals surface area contributed by atoms with Gasteiger partial charge in [-0.25, -0.2) is 4.98 Å². The SMILES string of the molecule is CC(=O)Nc1nc(C(=O)NC2CCCNC2)cs1.Cl.Cl. The smallest absolute Gasteiger partial charge is 0.271 e. The molecule has 2 amide bonds. The second-order valence-corrected chi connectivity index (χ2v) is 5.09. The molecule has 1 unspecified atom stereocenters. The Kier molecular flexibility index (Phi) is 8.71. The number of carbonyl (C=O) groups excluding carboxylic acids is 2. The minimum absolute atomic E-state index is 0. The Morgan fingerprint density at radius 2 is 2.20 bits per heavy atom. The van der Waals surface area contributed by atoms with E-state index in [1.165, 1.54) is 18.3 Å². The molecule has 6 nitrogen and oxygen atoms in total. The summed E-state index contributed by atoms with van der Waals surface area (Å²) in [5.74, 6) is -0.371. The van der Waals surface area contributed by atoms with Crippen LogP contribution in [0.25, 0.3) is 0 Å². The minimum atomic E-state index is -0.187. The Labute approximate surface area is 133 Å². The normalized spacial score (nSPS) is 17.4. The zero-order chi connectivity index (χ0) is 13.0. The van der Waals surface area contributed by atoms with E-state index in [1.807, 2.05) is 0 Å². The van der Waals surface area contributed by atoms with Crippen LogP contribution < -0.4 is 16.0 Å². The van der Waals surface area contributed by atoms with Crippen molar-refractivity contribution in [2.45, 2.75) is 25.8 Å². The van der Waals surface area contributed by atoms with Crippen LogP contribution in [0.1, 0.15) is 30.3 Å². The van der Waals surface area contributed by atoms with Gasteiger partial charge in [0.05, 0.1) is 0 Å². The summed E-state index contributed by atoms with van der Waals surface area (Å²) in [6.07, 6.45) is 2.06.